The molecule has 1 saturated heterocycles. The predicted molar refractivity (Wildman–Crippen MR) is 83.7 cm³/mol. The van der Waals surface area contributed by atoms with Gasteiger partial charge in [0.2, 0.25) is 0 Å². The number of fused-ring (bicyclic) bond motifs is 1. The molecule has 114 valence electrons. The summed E-state index contributed by atoms with van der Waals surface area (Å²) in [5.41, 5.74) is 1.60. The molecule has 2 aromatic rings. The second kappa shape index (κ2) is 6.42. The van der Waals surface area contributed by atoms with Crippen LogP contribution in [0.2, 0.25) is 0 Å². The Labute approximate surface area is 131 Å². The number of aryl methyl sites for hydroxylation is 1. The summed E-state index contributed by atoms with van der Waals surface area (Å²) >= 11 is 3.18. The van der Waals surface area contributed by atoms with Gasteiger partial charge in [0.05, 0.1) is 27.9 Å². The van der Waals surface area contributed by atoms with E-state index in [2.05, 4.69) is 26.2 Å². The van der Waals surface area contributed by atoms with E-state index in [4.69, 9.17) is 0 Å². The third kappa shape index (κ3) is 3.27. The fourth-order valence-electron chi connectivity index (χ4n) is 2.94. The van der Waals surface area contributed by atoms with Crippen molar-refractivity contribution in [1.29, 1.82) is 0 Å². The number of halogens is 2. The Bertz CT molecular complexity index is 631. The lowest BCUT2D eigenvalue weighted by atomic mass is 9.97. The van der Waals surface area contributed by atoms with Gasteiger partial charge in [-0.05, 0) is 54.2 Å². The second-order valence-corrected chi connectivity index (χ2v) is 6.46. The topological polar surface area (TPSA) is 50.1 Å². The Kier molecular flexibility index (Phi) is 4.57. The molecule has 0 radical (unpaired) electrons. The van der Waals surface area contributed by atoms with E-state index < -0.39 is 0 Å². The first kappa shape index (κ1) is 14.9. The van der Waals surface area contributed by atoms with Crippen LogP contribution in [0.5, 0.6) is 0 Å². The van der Waals surface area contributed by atoms with Crippen LogP contribution in [-0.4, -0.2) is 33.3 Å². The molecule has 1 aromatic heterocycles. The fourth-order valence-corrected chi connectivity index (χ4v) is 3.27. The van der Waals surface area contributed by atoms with Gasteiger partial charge in [-0.1, -0.05) is 0 Å². The number of nitrogens with one attached hydrogen (secondary N) is 1. The molecule has 1 aliphatic heterocycles. The van der Waals surface area contributed by atoms with Gasteiger partial charge < -0.3 is 15.0 Å². The highest BCUT2D eigenvalue weighted by molar-refractivity contribution is 9.10. The lowest BCUT2D eigenvalue weighted by Gasteiger charge is -2.29. The van der Waals surface area contributed by atoms with Crippen LogP contribution in [0, 0.1) is 5.82 Å². The second-order valence-electron chi connectivity index (χ2n) is 5.61. The van der Waals surface area contributed by atoms with E-state index in [-0.39, 0.29) is 18.0 Å². The van der Waals surface area contributed by atoms with Crippen molar-refractivity contribution in [3.8, 4) is 0 Å². The smallest absolute Gasteiger partial charge is 0.139 e. The van der Waals surface area contributed by atoms with Crippen molar-refractivity contribution in [2.75, 3.05) is 6.54 Å². The van der Waals surface area contributed by atoms with Crippen LogP contribution in [0.25, 0.3) is 11.0 Å². The predicted octanol–water partition coefficient (Wildman–Crippen LogP) is 2.83. The number of benzene rings is 1. The first-order valence-corrected chi connectivity index (χ1v) is 8.16. The maximum Gasteiger partial charge on any atom is 0.139 e. The summed E-state index contributed by atoms with van der Waals surface area (Å²) in [6.45, 7) is 1.76. The standard InChI is InChI=1S/C15H19BrFN3O/c16-10-7-13-14(8-11(10)17)20(9-19-13)6-2-3-12-15(21)4-1-5-18-12/h7-9,12,15,18,21H,1-6H2/t12-,15+/m1/s1. The number of aliphatic hydroxyl groups excluding tert-OH is 1. The largest absolute Gasteiger partial charge is 0.392 e. The molecular formula is C15H19BrFN3O. The summed E-state index contributed by atoms with van der Waals surface area (Å²) in [6, 6.07) is 3.40. The van der Waals surface area contributed by atoms with Crippen LogP contribution in [0.1, 0.15) is 25.7 Å². The van der Waals surface area contributed by atoms with Crippen molar-refractivity contribution in [2.45, 2.75) is 44.4 Å². The van der Waals surface area contributed by atoms with Crippen LogP contribution >= 0.6 is 15.9 Å². The summed E-state index contributed by atoms with van der Waals surface area (Å²) in [4.78, 5) is 4.30. The quantitative estimate of drug-likeness (QED) is 0.886. The summed E-state index contributed by atoms with van der Waals surface area (Å²) in [7, 11) is 0. The number of imidazole rings is 1. The lowest BCUT2D eigenvalue weighted by molar-refractivity contribution is 0.0909. The first-order valence-electron chi connectivity index (χ1n) is 7.36. The maximum absolute atomic E-state index is 13.6. The molecule has 1 aromatic carbocycles. The number of aliphatic hydroxyl groups is 1. The van der Waals surface area contributed by atoms with E-state index >= 15 is 0 Å². The minimum atomic E-state index is -0.270. The molecule has 1 fully saturated rings. The van der Waals surface area contributed by atoms with Gasteiger partial charge in [0, 0.05) is 18.7 Å². The number of nitrogens with zero attached hydrogens (tertiary/aromatic N) is 2. The van der Waals surface area contributed by atoms with Crippen LogP contribution in [-0.2, 0) is 6.54 Å². The Morgan fingerprint density at radius 3 is 3.14 bits per heavy atom. The van der Waals surface area contributed by atoms with Gasteiger partial charge in [-0.3, -0.25) is 0 Å². The summed E-state index contributed by atoms with van der Waals surface area (Å²) < 4.78 is 16.1. The number of piperidine rings is 1. The van der Waals surface area contributed by atoms with E-state index in [9.17, 15) is 9.50 Å². The first-order chi connectivity index (χ1) is 10.1. The van der Waals surface area contributed by atoms with Crippen molar-refractivity contribution in [1.82, 2.24) is 14.9 Å². The van der Waals surface area contributed by atoms with Gasteiger partial charge >= 0.3 is 0 Å². The molecule has 0 unspecified atom stereocenters. The molecule has 2 N–H and O–H groups in total. The van der Waals surface area contributed by atoms with Gasteiger partial charge in [-0.2, -0.15) is 0 Å². The summed E-state index contributed by atoms with van der Waals surface area (Å²) in [5, 5.41) is 13.3. The van der Waals surface area contributed by atoms with Crippen molar-refractivity contribution in [2.24, 2.45) is 0 Å². The number of aromatic nitrogens is 2. The molecule has 0 saturated carbocycles. The van der Waals surface area contributed by atoms with Crippen molar-refractivity contribution in [3.63, 3.8) is 0 Å². The molecule has 2 atom stereocenters. The van der Waals surface area contributed by atoms with E-state index in [1.54, 1.807) is 12.4 Å². The van der Waals surface area contributed by atoms with E-state index in [1.165, 1.54) is 6.07 Å². The van der Waals surface area contributed by atoms with Gasteiger partial charge in [-0.25, -0.2) is 9.37 Å². The molecule has 0 bridgehead atoms. The third-order valence-electron chi connectivity index (χ3n) is 4.12. The fraction of sp³-hybridized carbons (Fsp3) is 0.533. The van der Waals surface area contributed by atoms with Crippen molar-refractivity contribution >= 4 is 27.0 Å². The van der Waals surface area contributed by atoms with Crippen molar-refractivity contribution < 1.29 is 9.50 Å². The Morgan fingerprint density at radius 2 is 2.33 bits per heavy atom. The molecule has 1 aliphatic rings. The summed E-state index contributed by atoms with van der Waals surface area (Å²) in [6.07, 6.45) is 5.27. The van der Waals surface area contributed by atoms with Crippen LogP contribution < -0.4 is 5.32 Å². The molecular weight excluding hydrogens is 337 g/mol. The highest BCUT2D eigenvalue weighted by atomic mass is 79.9. The Balaban J connectivity index is 1.64. The maximum atomic E-state index is 13.6. The molecule has 4 nitrogen and oxygen atoms in total. The number of hydrogen-bond donors (Lipinski definition) is 2. The van der Waals surface area contributed by atoms with E-state index in [0.29, 0.717) is 4.47 Å². The molecule has 3 rings (SSSR count). The third-order valence-corrected chi connectivity index (χ3v) is 4.73. The van der Waals surface area contributed by atoms with Crippen LogP contribution in [0.15, 0.2) is 22.9 Å². The van der Waals surface area contributed by atoms with Gasteiger partial charge in [0.15, 0.2) is 0 Å². The van der Waals surface area contributed by atoms with Gasteiger partial charge in [0.25, 0.3) is 0 Å². The van der Waals surface area contributed by atoms with E-state index in [0.717, 1.165) is 49.8 Å². The zero-order valence-electron chi connectivity index (χ0n) is 11.7. The Morgan fingerprint density at radius 1 is 1.48 bits per heavy atom. The monoisotopic (exact) mass is 355 g/mol. The van der Waals surface area contributed by atoms with Crippen LogP contribution in [0.4, 0.5) is 4.39 Å². The Hall–Kier alpha value is -0.980. The molecule has 2 heterocycles. The van der Waals surface area contributed by atoms with Crippen molar-refractivity contribution in [3.05, 3.63) is 28.7 Å². The molecule has 6 heteroatoms. The SMILES string of the molecule is O[C@H]1CCCN[C@@H]1CCCn1cnc2cc(Br)c(F)cc21. The zero-order valence-corrected chi connectivity index (χ0v) is 13.3. The molecule has 0 spiro atoms. The average molecular weight is 356 g/mol. The minimum absolute atomic E-state index is 0.180. The minimum Gasteiger partial charge on any atom is -0.392 e. The van der Waals surface area contributed by atoms with Crippen LogP contribution in [0.3, 0.4) is 0 Å². The lowest BCUT2D eigenvalue weighted by Crippen LogP contribution is -2.44. The zero-order chi connectivity index (χ0) is 14.8. The molecule has 0 aliphatic carbocycles. The average Bonchev–Trinajstić information content (AvgIpc) is 2.84. The number of hydrogen-bond acceptors (Lipinski definition) is 3. The molecule has 0 amide bonds. The van der Waals surface area contributed by atoms with Gasteiger partial charge in [-0.15, -0.1) is 0 Å². The summed E-state index contributed by atoms with van der Waals surface area (Å²) in [5.74, 6) is -0.270. The number of rotatable bonds is 4. The highest BCUT2D eigenvalue weighted by Crippen LogP contribution is 2.23. The van der Waals surface area contributed by atoms with Gasteiger partial charge in [0.1, 0.15) is 5.82 Å². The van der Waals surface area contributed by atoms with E-state index in [1.807, 2.05) is 4.57 Å². The normalized spacial score (nSPS) is 22.8. The highest BCUT2D eigenvalue weighted by Gasteiger charge is 2.21. The molecule has 21 heavy (non-hydrogen) atoms.